The average Bonchev–Trinajstić information content (AvgIpc) is 2.17. The molecule has 0 fully saturated rings. The first-order valence-electron chi connectivity index (χ1n) is 4.21. The Bertz CT molecular complexity index is 368. The monoisotopic (exact) mass is 174 g/mol. The molecule has 2 rings (SSSR count). The van der Waals surface area contributed by atoms with Crippen LogP contribution in [0.1, 0.15) is 11.1 Å². The maximum absolute atomic E-state index is 8.66. The van der Waals surface area contributed by atoms with Gasteiger partial charge in [-0.25, -0.2) is 0 Å². The van der Waals surface area contributed by atoms with Crippen LogP contribution < -0.4 is 10.5 Å². The molecule has 2 N–H and O–H groups in total. The predicted molar refractivity (Wildman–Crippen MR) is 48.3 cm³/mol. The van der Waals surface area contributed by atoms with Crippen molar-refractivity contribution in [2.75, 3.05) is 6.61 Å². The molecule has 1 atom stereocenters. The van der Waals surface area contributed by atoms with E-state index in [9.17, 15) is 0 Å². The quantitative estimate of drug-likeness (QED) is 0.633. The van der Waals surface area contributed by atoms with Crippen molar-refractivity contribution in [3.63, 3.8) is 0 Å². The zero-order valence-corrected chi connectivity index (χ0v) is 7.16. The van der Waals surface area contributed by atoms with Crippen molar-refractivity contribution >= 4 is 0 Å². The SMILES string of the molecule is N#Cc1ccc2c(c1)OCC(N)C2. The standard InChI is InChI=1S/C10H10N2O/c11-5-7-1-2-8-4-9(12)6-13-10(8)3-7/h1-3,9H,4,6,12H2. The fraction of sp³-hybridized carbons (Fsp3) is 0.300. The van der Waals surface area contributed by atoms with Crippen LogP contribution in [0.2, 0.25) is 0 Å². The molecule has 13 heavy (non-hydrogen) atoms. The number of nitriles is 1. The van der Waals surface area contributed by atoms with Gasteiger partial charge in [-0.05, 0) is 24.1 Å². The minimum Gasteiger partial charge on any atom is -0.492 e. The van der Waals surface area contributed by atoms with Gasteiger partial charge in [0.05, 0.1) is 11.6 Å². The Morgan fingerprint density at radius 2 is 2.38 bits per heavy atom. The second-order valence-electron chi connectivity index (χ2n) is 3.21. The zero-order chi connectivity index (χ0) is 9.26. The van der Waals surface area contributed by atoms with Crippen LogP contribution in [-0.2, 0) is 6.42 Å². The van der Waals surface area contributed by atoms with Gasteiger partial charge in [-0.15, -0.1) is 0 Å². The Balaban J connectivity index is 2.38. The van der Waals surface area contributed by atoms with Gasteiger partial charge >= 0.3 is 0 Å². The first-order valence-corrected chi connectivity index (χ1v) is 4.21. The molecule has 0 saturated heterocycles. The van der Waals surface area contributed by atoms with Crippen LogP contribution in [0.25, 0.3) is 0 Å². The molecule has 66 valence electrons. The highest BCUT2D eigenvalue weighted by molar-refractivity contribution is 5.43. The van der Waals surface area contributed by atoms with E-state index in [2.05, 4.69) is 6.07 Å². The van der Waals surface area contributed by atoms with E-state index in [1.807, 2.05) is 6.07 Å². The number of rotatable bonds is 0. The van der Waals surface area contributed by atoms with Gasteiger partial charge in [0.25, 0.3) is 0 Å². The fourth-order valence-electron chi connectivity index (χ4n) is 1.47. The molecule has 1 unspecified atom stereocenters. The van der Waals surface area contributed by atoms with E-state index in [1.54, 1.807) is 12.1 Å². The van der Waals surface area contributed by atoms with Gasteiger partial charge < -0.3 is 10.5 Å². The highest BCUT2D eigenvalue weighted by Gasteiger charge is 2.16. The van der Waals surface area contributed by atoms with E-state index in [1.165, 1.54) is 0 Å². The third-order valence-electron chi connectivity index (χ3n) is 2.13. The Hall–Kier alpha value is -1.53. The van der Waals surface area contributed by atoms with E-state index in [-0.39, 0.29) is 6.04 Å². The Morgan fingerprint density at radius 3 is 3.15 bits per heavy atom. The first kappa shape index (κ1) is 8.09. The number of fused-ring (bicyclic) bond motifs is 1. The minimum atomic E-state index is 0.0837. The van der Waals surface area contributed by atoms with Crippen LogP contribution >= 0.6 is 0 Å². The van der Waals surface area contributed by atoms with Crippen molar-refractivity contribution in [2.45, 2.75) is 12.5 Å². The van der Waals surface area contributed by atoms with Gasteiger partial charge in [0.1, 0.15) is 12.4 Å². The fourth-order valence-corrected chi connectivity index (χ4v) is 1.47. The molecule has 0 amide bonds. The molecule has 3 nitrogen and oxygen atoms in total. The minimum absolute atomic E-state index is 0.0837. The Morgan fingerprint density at radius 1 is 1.54 bits per heavy atom. The third kappa shape index (κ3) is 1.49. The maximum Gasteiger partial charge on any atom is 0.123 e. The summed E-state index contributed by atoms with van der Waals surface area (Å²) in [5, 5.41) is 8.66. The van der Waals surface area contributed by atoms with Crippen LogP contribution in [0.15, 0.2) is 18.2 Å². The molecular formula is C10H10N2O. The molecule has 1 heterocycles. The number of benzene rings is 1. The van der Waals surface area contributed by atoms with Crippen molar-refractivity contribution in [1.82, 2.24) is 0 Å². The summed E-state index contributed by atoms with van der Waals surface area (Å²) in [6.07, 6.45) is 0.834. The summed E-state index contributed by atoms with van der Waals surface area (Å²) < 4.78 is 5.40. The second-order valence-corrected chi connectivity index (χ2v) is 3.21. The molecule has 0 bridgehead atoms. The van der Waals surface area contributed by atoms with Crippen molar-refractivity contribution < 1.29 is 4.74 Å². The third-order valence-corrected chi connectivity index (χ3v) is 2.13. The molecule has 1 aromatic rings. The van der Waals surface area contributed by atoms with Crippen molar-refractivity contribution in [3.8, 4) is 11.8 Å². The van der Waals surface area contributed by atoms with Crippen molar-refractivity contribution in [3.05, 3.63) is 29.3 Å². The molecule has 0 saturated carbocycles. The van der Waals surface area contributed by atoms with Gasteiger partial charge in [-0.3, -0.25) is 0 Å². The first-order chi connectivity index (χ1) is 6.29. The molecule has 1 aromatic carbocycles. The number of nitrogens with two attached hydrogens (primary N) is 1. The summed E-state index contributed by atoms with van der Waals surface area (Å²) in [5.74, 6) is 0.806. The Kier molecular flexibility index (Phi) is 1.91. The lowest BCUT2D eigenvalue weighted by Gasteiger charge is -2.22. The van der Waals surface area contributed by atoms with E-state index in [0.29, 0.717) is 12.2 Å². The maximum atomic E-state index is 8.66. The zero-order valence-electron chi connectivity index (χ0n) is 7.16. The van der Waals surface area contributed by atoms with Crippen LogP contribution in [-0.4, -0.2) is 12.6 Å². The highest BCUT2D eigenvalue weighted by Crippen LogP contribution is 2.24. The molecular weight excluding hydrogens is 164 g/mol. The molecule has 1 aliphatic rings. The average molecular weight is 174 g/mol. The van der Waals surface area contributed by atoms with Gasteiger partial charge in [0.15, 0.2) is 0 Å². The predicted octanol–water partition coefficient (Wildman–Crippen LogP) is 0.820. The number of nitrogens with zero attached hydrogens (tertiary/aromatic N) is 1. The van der Waals surface area contributed by atoms with Crippen LogP contribution in [0.4, 0.5) is 0 Å². The van der Waals surface area contributed by atoms with E-state index >= 15 is 0 Å². The summed E-state index contributed by atoms with van der Waals surface area (Å²) in [5.41, 5.74) is 7.46. The van der Waals surface area contributed by atoms with Crippen LogP contribution in [0.3, 0.4) is 0 Å². The second kappa shape index (κ2) is 3.08. The summed E-state index contributed by atoms with van der Waals surface area (Å²) in [7, 11) is 0. The van der Waals surface area contributed by atoms with Gasteiger partial charge in [0, 0.05) is 6.04 Å². The summed E-state index contributed by atoms with van der Waals surface area (Å²) in [6.45, 7) is 0.544. The summed E-state index contributed by atoms with van der Waals surface area (Å²) in [6, 6.07) is 7.63. The highest BCUT2D eigenvalue weighted by atomic mass is 16.5. The lowest BCUT2D eigenvalue weighted by molar-refractivity contribution is 0.263. The summed E-state index contributed by atoms with van der Waals surface area (Å²) in [4.78, 5) is 0. The van der Waals surface area contributed by atoms with Crippen LogP contribution in [0, 0.1) is 11.3 Å². The lowest BCUT2D eigenvalue weighted by Crippen LogP contribution is -2.33. The van der Waals surface area contributed by atoms with Crippen LogP contribution in [0.5, 0.6) is 5.75 Å². The topological polar surface area (TPSA) is 59.0 Å². The molecule has 0 radical (unpaired) electrons. The molecule has 3 heteroatoms. The van der Waals surface area contributed by atoms with Gasteiger partial charge in [-0.2, -0.15) is 5.26 Å². The number of hydrogen-bond donors (Lipinski definition) is 1. The Labute approximate surface area is 76.7 Å². The molecule has 0 spiro atoms. The van der Waals surface area contributed by atoms with E-state index in [4.69, 9.17) is 15.7 Å². The van der Waals surface area contributed by atoms with Crippen molar-refractivity contribution in [1.29, 1.82) is 5.26 Å². The number of ether oxygens (including phenoxy) is 1. The van der Waals surface area contributed by atoms with E-state index in [0.717, 1.165) is 17.7 Å². The van der Waals surface area contributed by atoms with E-state index < -0.39 is 0 Å². The largest absolute Gasteiger partial charge is 0.492 e. The van der Waals surface area contributed by atoms with Gasteiger partial charge in [0.2, 0.25) is 0 Å². The van der Waals surface area contributed by atoms with Gasteiger partial charge in [-0.1, -0.05) is 6.07 Å². The molecule has 1 aliphatic heterocycles. The summed E-state index contributed by atoms with van der Waals surface area (Å²) >= 11 is 0. The lowest BCUT2D eigenvalue weighted by atomic mass is 10.0. The molecule has 0 aliphatic carbocycles. The normalized spacial score (nSPS) is 19.8. The van der Waals surface area contributed by atoms with Crippen molar-refractivity contribution in [2.24, 2.45) is 5.73 Å². The molecule has 0 aromatic heterocycles. The number of hydrogen-bond acceptors (Lipinski definition) is 3. The smallest absolute Gasteiger partial charge is 0.123 e.